The Morgan fingerprint density at radius 1 is 0.622 bits per heavy atom. The van der Waals surface area contributed by atoms with Gasteiger partial charge in [-0.2, -0.15) is 0 Å². The van der Waals surface area contributed by atoms with Crippen molar-refractivity contribution in [3.63, 3.8) is 0 Å². The van der Waals surface area contributed by atoms with Gasteiger partial charge in [0.1, 0.15) is 6.54 Å². The normalized spacial score (nSPS) is 12.7. The third-order valence-corrected chi connectivity index (χ3v) is 7.44. The van der Waals surface area contributed by atoms with Gasteiger partial charge < -0.3 is 14.3 Å². The Morgan fingerprint density at radius 2 is 0.919 bits per heavy atom. The summed E-state index contributed by atoms with van der Waals surface area (Å²) in [6.45, 7) is 4.31. The minimum atomic E-state index is -5.06. The van der Waals surface area contributed by atoms with Gasteiger partial charge in [-0.15, -0.1) is 0 Å². The number of phosphoric ester groups is 1. The largest absolute Gasteiger partial charge is 0.471 e. The molecule has 0 aromatic heterocycles. The highest BCUT2D eigenvalue weighted by atomic mass is 31.2. The molecule has 37 heavy (non-hydrogen) atoms. The molecule has 0 spiro atoms. The molecule has 0 atom stereocenters. The Kier molecular flexibility index (Phi) is 20.0. The minimum absolute atomic E-state index is 0.0926. The highest BCUT2D eigenvalue weighted by Crippen LogP contribution is 2.44. The lowest BCUT2D eigenvalue weighted by atomic mass is 9.86. The van der Waals surface area contributed by atoms with E-state index in [1.807, 2.05) is 0 Å². The molecular weight excluding hydrogens is 489 g/mol. The van der Waals surface area contributed by atoms with Crippen molar-refractivity contribution >= 4 is 19.4 Å². The van der Waals surface area contributed by atoms with Crippen molar-refractivity contribution in [2.75, 3.05) is 27.7 Å². The number of likely N-dealkylation sites (N-methyl/N-ethyl adjacent to an activating group) is 1. The SMILES string of the molecule is CCCCCCCCCCCC(=O)C(C[N+](C)(C)C)(OP(=O)(O)O)C(=O)CCCCCCCCCCC. The van der Waals surface area contributed by atoms with Crippen LogP contribution in [0.5, 0.6) is 0 Å². The Morgan fingerprint density at radius 3 is 1.19 bits per heavy atom. The minimum Gasteiger partial charge on any atom is -0.328 e. The van der Waals surface area contributed by atoms with Crippen LogP contribution in [0.25, 0.3) is 0 Å². The van der Waals surface area contributed by atoms with E-state index in [0.29, 0.717) is 12.8 Å². The molecule has 8 heteroatoms. The number of rotatable bonds is 26. The first-order valence-electron chi connectivity index (χ1n) is 15.0. The molecule has 0 unspecified atom stereocenters. The van der Waals surface area contributed by atoms with Crippen molar-refractivity contribution in [1.29, 1.82) is 0 Å². The summed E-state index contributed by atoms with van der Waals surface area (Å²) in [7, 11) is 0.344. The van der Waals surface area contributed by atoms with Gasteiger partial charge in [0.05, 0.1) is 21.1 Å². The number of quaternary nitrogens is 1. The molecule has 0 saturated heterocycles. The lowest BCUT2D eigenvalue weighted by Crippen LogP contribution is -2.59. The molecule has 0 fully saturated rings. The fourth-order valence-corrected chi connectivity index (χ4v) is 5.60. The molecule has 0 rings (SSSR count). The van der Waals surface area contributed by atoms with Crippen molar-refractivity contribution in [3.05, 3.63) is 0 Å². The number of hydrogen-bond acceptors (Lipinski definition) is 4. The summed E-state index contributed by atoms with van der Waals surface area (Å²) >= 11 is 0. The lowest BCUT2D eigenvalue weighted by Gasteiger charge is -2.37. The number of Topliss-reactive ketones (excluding diaryl/α,β-unsaturated/α-hetero) is 2. The van der Waals surface area contributed by atoms with Crippen LogP contribution in [-0.2, 0) is 18.7 Å². The van der Waals surface area contributed by atoms with Gasteiger partial charge in [0.2, 0.25) is 5.60 Å². The summed E-state index contributed by atoms with van der Waals surface area (Å²) in [5.41, 5.74) is -2.10. The molecule has 0 aliphatic rings. The summed E-state index contributed by atoms with van der Waals surface area (Å²) in [5, 5.41) is 0. The van der Waals surface area contributed by atoms with Gasteiger partial charge in [-0.25, -0.2) is 4.57 Å². The monoisotopic (exact) mass is 548 g/mol. The molecular formula is C29H59NO6P+. The van der Waals surface area contributed by atoms with Gasteiger partial charge in [0.25, 0.3) is 0 Å². The second-order valence-corrected chi connectivity index (χ2v) is 13.0. The van der Waals surface area contributed by atoms with Crippen LogP contribution >= 0.6 is 7.82 Å². The van der Waals surface area contributed by atoms with E-state index in [9.17, 15) is 23.9 Å². The number of carbonyl (C=O) groups is 2. The fraction of sp³-hybridized carbons (Fsp3) is 0.931. The van der Waals surface area contributed by atoms with Crippen LogP contribution in [0, 0.1) is 0 Å². The summed E-state index contributed by atoms with van der Waals surface area (Å²) in [5.74, 6) is -0.986. The lowest BCUT2D eigenvalue weighted by molar-refractivity contribution is -0.874. The second kappa shape index (κ2) is 20.3. The number of nitrogens with zero attached hydrogens (tertiary/aromatic N) is 1. The Balaban J connectivity index is 5.00. The van der Waals surface area contributed by atoms with E-state index in [4.69, 9.17) is 4.52 Å². The first kappa shape index (κ1) is 36.4. The zero-order chi connectivity index (χ0) is 28.2. The molecule has 0 aliphatic carbocycles. The molecule has 0 heterocycles. The van der Waals surface area contributed by atoms with Crippen molar-refractivity contribution in [2.45, 2.75) is 148 Å². The number of carbonyl (C=O) groups excluding carboxylic acids is 2. The van der Waals surface area contributed by atoms with Crippen LogP contribution in [0.15, 0.2) is 0 Å². The smallest absolute Gasteiger partial charge is 0.328 e. The van der Waals surface area contributed by atoms with Gasteiger partial charge >= 0.3 is 7.82 Å². The average Bonchev–Trinajstić information content (AvgIpc) is 2.79. The van der Waals surface area contributed by atoms with E-state index < -0.39 is 25.0 Å². The standard InChI is InChI=1S/C29H58NO6P/c1-6-8-10-12-14-16-18-20-22-24-27(31)29(26-30(3,4)5,36-37(33,34)35)28(32)25-23-21-19-17-15-13-11-9-7-2/h6-26H2,1-5H3,(H-,33,34,35)/p+1. The van der Waals surface area contributed by atoms with E-state index in [1.54, 1.807) is 21.1 Å². The van der Waals surface area contributed by atoms with Crippen LogP contribution in [0.4, 0.5) is 0 Å². The van der Waals surface area contributed by atoms with E-state index in [-0.39, 0.29) is 23.9 Å². The molecule has 0 aromatic carbocycles. The maximum absolute atomic E-state index is 13.4. The molecule has 0 saturated carbocycles. The highest BCUT2D eigenvalue weighted by molar-refractivity contribution is 7.46. The number of ketones is 2. The number of unbranched alkanes of at least 4 members (excludes halogenated alkanes) is 16. The first-order valence-corrected chi connectivity index (χ1v) is 16.5. The van der Waals surface area contributed by atoms with E-state index >= 15 is 0 Å². The Bertz CT molecular complexity index is 621. The topological polar surface area (TPSA) is 101 Å². The molecule has 0 amide bonds. The van der Waals surface area contributed by atoms with Crippen LogP contribution < -0.4 is 0 Å². The third-order valence-electron chi connectivity index (χ3n) is 6.89. The Labute approximate surface area is 228 Å². The van der Waals surface area contributed by atoms with Crippen LogP contribution in [0.2, 0.25) is 0 Å². The summed E-state index contributed by atoms with van der Waals surface area (Å²) in [6.07, 6.45) is 19.8. The summed E-state index contributed by atoms with van der Waals surface area (Å²) < 4.78 is 17.3. The van der Waals surface area contributed by atoms with Crippen LogP contribution in [0.3, 0.4) is 0 Å². The average molecular weight is 549 g/mol. The molecule has 0 aliphatic heterocycles. The summed E-state index contributed by atoms with van der Waals surface area (Å²) in [6, 6.07) is 0. The molecule has 0 aromatic rings. The first-order chi connectivity index (χ1) is 17.4. The van der Waals surface area contributed by atoms with Gasteiger partial charge in [0.15, 0.2) is 11.6 Å². The van der Waals surface area contributed by atoms with Crippen molar-refractivity contribution < 1.29 is 32.9 Å². The van der Waals surface area contributed by atoms with Crippen LogP contribution in [0.1, 0.15) is 142 Å². The van der Waals surface area contributed by atoms with Gasteiger partial charge in [0, 0.05) is 12.8 Å². The second-order valence-electron chi connectivity index (χ2n) is 11.9. The third kappa shape index (κ3) is 19.2. The van der Waals surface area contributed by atoms with Gasteiger partial charge in [-0.3, -0.25) is 14.1 Å². The molecule has 7 nitrogen and oxygen atoms in total. The molecule has 0 bridgehead atoms. The van der Waals surface area contributed by atoms with Gasteiger partial charge in [-0.1, -0.05) is 117 Å². The summed E-state index contributed by atoms with van der Waals surface area (Å²) in [4.78, 5) is 46.2. The Hall–Kier alpha value is -0.590. The molecule has 2 N–H and O–H groups in total. The zero-order valence-electron chi connectivity index (χ0n) is 24.8. The predicted octanol–water partition coefficient (Wildman–Crippen LogP) is 7.52. The fourth-order valence-electron chi connectivity index (χ4n) is 4.93. The maximum Gasteiger partial charge on any atom is 0.471 e. The van der Waals surface area contributed by atoms with Gasteiger partial charge in [-0.05, 0) is 12.8 Å². The van der Waals surface area contributed by atoms with Crippen molar-refractivity contribution in [1.82, 2.24) is 0 Å². The maximum atomic E-state index is 13.4. The van der Waals surface area contributed by atoms with Crippen molar-refractivity contribution in [3.8, 4) is 0 Å². The van der Waals surface area contributed by atoms with E-state index in [2.05, 4.69) is 13.8 Å². The van der Waals surface area contributed by atoms with Crippen molar-refractivity contribution in [2.24, 2.45) is 0 Å². The van der Waals surface area contributed by atoms with Crippen LogP contribution in [-0.4, -0.2) is 59.1 Å². The van der Waals surface area contributed by atoms with E-state index in [1.165, 1.54) is 64.2 Å². The predicted molar refractivity (Wildman–Crippen MR) is 152 cm³/mol. The molecule has 0 radical (unpaired) electrons. The quantitative estimate of drug-likeness (QED) is 0.0502. The molecule has 220 valence electrons. The zero-order valence-corrected chi connectivity index (χ0v) is 25.7. The number of phosphoric acid groups is 1. The number of hydrogen-bond donors (Lipinski definition) is 2. The highest BCUT2D eigenvalue weighted by Gasteiger charge is 2.53. The van der Waals surface area contributed by atoms with E-state index in [0.717, 1.165) is 38.5 Å².